The van der Waals surface area contributed by atoms with Crippen LogP contribution in [0.15, 0.2) is 22.7 Å². The highest BCUT2D eigenvalue weighted by Crippen LogP contribution is 2.43. The van der Waals surface area contributed by atoms with Crippen LogP contribution >= 0.6 is 15.9 Å². The van der Waals surface area contributed by atoms with Gasteiger partial charge in [-0.25, -0.2) is 0 Å². The Labute approximate surface area is 131 Å². The smallest absolute Gasteiger partial charge is 0.303 e. The normalized spacial score (nSPS) is 15.9. The van der Waals surface area contributed by atoms with Gasteiger partial charge in [-0.15, -0.1) is 0 Å². The van der Waals surface area contributed by atoms with E-state index < -0.39 is 5.97 Å². The van der Waals surface area contributed by atoms with Crippen LogP contribution in [0.2, 0.25) is 0 Å². The summed E-state index contributed by atoms with van der Waals surface area (Å²) in [5.74, 6) is -0.434. The number of benzene rings is 1. The Morgan fingerprint density at radius 2 is 2.14 bits per heavy atom. The summed E-state index contributed by atoms with van der Waals surface area (Å²) in [6.45, 7) is 0.391. The summed E-state index contributed by atoms with van der Waals surface area (Å²) in [4.78, 5) is 23.2. The number of ether oxygens (including phenoxy) is 1. The maximum Gasteiger partial charge on any atom is 0.303 e. The molecule has 21 heavy (non-hydrogen) atoms. The lowest BCUT2D eigenvalue weighted by molar-refractivity contribution is -0.141. The second-order valence-electron chi connectivity index (χ2n) is 5.45. The van der Waals surface area contributed by atoms with E-state index >= 15 is 0 Å². The molecule has 1 aromatic carbocycles. The summed E-state index contributed by atoms with van der Waals surface area (Å²) in [7, 11) is 1.54. The maximum absolute atomic E-state index is 12.3. The number of rotatable bonds is 6. The molecule has 0 spiro atoms. The van der Waals surface area contributed by atoms with Crippen LogP contribution in [0.5, 0.6) is 5.75 Å². The molecule has 0 radical (unpaired) electrons. The summed E-state index contributed by atoms with van der Waals surface area (Å²) in [5, 5.41) is 11.8. The summed E-state index contributed by atoms with van der Waals surface area (Å²) >= 11 is 3.34. The van der Waals surface area contributed by atoms with Crippen molar-refractivity contribution in [3.63, 3.8) is 0 Å². The van der Waals surface area contributed by atoms with Gasteiger partial charge in [0.15, 0.2) is 0 Å². The van der Waals surface area contributed by atoms with E-state index in [1.165, 1.54) is 0 Å². The van der Waals surface area contributed by atoms with Gasteiger partial charge in [0.25, 0.3) is 5.91 Å². The van der Waals surface area contributed by atoms with Crippen molar-refractivity contribution in [2.24, 2.45) is 5.41 Å². The molecule has 5 nitrogen and oxygen atoms in total. The van der Waals surface area contributed by atoms with Crippen molar-refractivity contribution in [2.45, 2.75) is 25.7 Å². The minimum Gasteiger partial charge on any atom is -0.497 e. The largest absolute Gasteiger partial charge is 0.497 e. The molecular formula is C15H18BrNO4. The number of carbonyl (C=O) groups excluding carboxylic acids is 1. The number of hydrogen-bond acceptors (Lipinski definition) is 3. The highest BCUT2D eigenvalue weighted by atomic mass is 79.9. The Balaban J connectivity index is 2.03. The zero-order valence-corrected chi connectivity index (χ0v) is 13.4. The van der Waals surface area contributed by atoms with E-state index in [0.29, 0.717) is 22.3 Å². The number of carboxylic acids is 1. The summed E-state index contributed by atoms with van der Waals surface area (Å²) in [5.41, 5.74) is 0.200. The van der Waals surface area contributed by atoms with E-state index in [-0.39, 0.29) is 17.7 Å². The van der Waals surface area contributed by atoms with Crippen LogP contribution in [-0.4, -0.2) is 30.6 Å². The Kier molecular flexibility index (Phi) is 4.88. The van der Waals surface area contributed by atoms with E-state index in [4.69, 9.17) is 9.84 Å². The van der Waals surface area contributed by atoms with Gasteiger partial charge in [-0.2, -0.15) is 0 Å². The first kappa shape index (κ1) is 15.8. The number of nitrogens with one attached hydrogen (secondary N) is 1. The van der Waals surface area contributed by atoms with Crippen LogP contribution in [0, 0.1) is 5.41 Å². The standard InChI is InChI=1S/C15H18BrNO4/c1-21-10-3-4-12(16)11(7-10)14(20)17-9-15(5-2-6-15)8-13(18)19/h3-4,7H,2,5-6,8-9H2,1H3,(H,17,20)(H,18,19). The number of hydrogen-bond donors (Lipinski definition) is 2. The molecule has 0 aromatic heterocycles. The quantitative estimate of drug-likeness (QED) is 0.822. The van der Waals surface area contributed by atoms with Gasteiger partial charge in [0.05, 0.1) is 19.1 Å². The number of amides is 1. The Bertz CT molecular complexity index is 555. The molecular weight excluding hydrogens is 338 g/mol. The molecule has 0 aliphatic heterocycles. The fourth-order valence-corrected chi connectivity index (χ4v) is 3.01. The minimum absolute atomic E-state index is 0.104. The second-order valence-corrected chi connectivity index (χ2v) is 6.31. The lowest BCUT2D eigenvalue weighted by Gasteiger charge is -2.40. The van der Waals surface area contributed by atoms with E-state index in [2.05, 4.69) is 21.2 Å². The highest BCUT2D eigenvalue weighted by molar-refractivity contribution is 9.10. The maximum atomic E-state index is 12.3. The molecule has 1 aliphatic rings. The molecule has 0 heterocycles. The molecule has 1 fully saturated rings. The SMILES string of the molecule is COc1ccc(Br)c(C(=O)NCC2(CC(=O)O)CCC2)c1. The average Bonchev–Trinajstić information content (AvgIpc) is 2.41. The number of methoxy groups -OCH3 is 1. The number of halogens is 1. The van der Waals surface area contributed by atoms with Crippen molar-refractivity contribution < 1.29 is 19.4 Å². The van der Waals surface area contributed by atoms with Gasteiger partial charge in [-0.3, -0.25) is 9.59 Å². The monoisotopic (exact) mass is 355 g/mol. The molecule has 0 unspecified atom stereocenters. The lowest BCUT2D eigenvalue weighted by atomic mass is 9.66. The van der Waals surface area contributed by atoms with Gasteiger partial charge in [0.1, 0.15) is 5.75 Å². The number of carboxylic acid groups (broad SMARTS) is 1. The second kappa shape index (κ2) is 6.47. The van der Waals surface area contributed by atoms with E-state index in [0.717, 1.165) is 19.3 Å². The van der Waals surface area contributed by atoms with Crippen molar-refractivity contribution in [3.05, 3.63) is 28.2 Å². The highest BCUT2D eigenvalue weighted by Gasteiger charge is 2.39. The van der Waals surface area contributed by atoms with Crippen molar-refractivity contribution >= 4 is 27.8 Å². The predicted molar refractivity (Wildman–Crippen MR) is 81.6 cm³/mol. The third-order valence-corrected chi connectivity index (χ3v) is 4.67. The molecule has 2 rings (SSSR count). The van der Waals surface area contributed by atoms with Crippen LogP contribution in [0.1, 0.15) is 36.0 Å². The van der Waals surface area contributed by atoms with Crippen LogP contribution in [0.25, 0.3) is 0 Å². The zero-order valence-electron chi connectivity index (χ0n) is 11.8. The first-order valence-corrected chi connectivity index (χ1v) is 7.59. The first-order valence-electron chi connectivity index (χ1n) is 6.79. The summed E-state index contributed by atoms with van der Waals surface area (Å²) < 4.78 is 5.79. The topological polar surface area (TPSA) is 75.6 Å². The Morgan fingerprint density at radius 1 is 1.43 bits per heavy atom. The van der Waals surface area contributed by atoms with E-state index in [1.54, 1.807) is 25.3 Å². The van der Waals surface area contributed by atoms with Gasteiger partial charge in [-0.1, -0.05) is 6.42 Å². The lowest BCUT2D eigenvalue weighted by Crippen LogP contribution is -2.43. The molecule has 6 heteroatoms. The number of aliphatic carboxylic acids is 1. The molecule has 114 valence electrons. The molecule has 1 aromatic rings. The molecule has 1 saturated carbocycles. The van der Waals surface area contributed by atoms with E-state index in [9.17, 15) is 9.59 Å². The first-order chi connectivity index (χ1) is 9.96. The predicted octanol–water partition coefficient (Wildman–Crippen LogP) is 2.83. The third-order valence-electron chi connectivity index (χ3n) is 3.98. The van der Waals surface area contributed by atoms with Crippen molar-refractivity contribution in [2.75, 3.05) is 13.7 Å². The van der Waals surface area contributed by atoms with Crippen LogP contribution in [-0.2, 0) is 4.79 Å². The van der Waals surface area contributed by atoms with Gasteiger partial charge in [0.2, 0.25) is 0 Å². The van der Waals surface area contributed by atoms with Crippen molar-refractivity contribution in [1.82, 2.24) is 5.32 Å². The van der Waals surface area contributed by atoms with Crippen LogP contribution in [0.3, 0.4) is 0 Å². The fraction of sp³-hybridized carbons (Fsp3) is 0.467. The van der Waals surface area contributed by atoms with Crippen molar-refractivity contribution in [1.29, 1.82) is 0 Å². The Hall–Kier alpha value is -1.56. The van der Waals surface area contributed by atoms with Gasteiger partial charge in [-0.05, 0) is 52.4 Å². The average molecular weight is 356 g/mol. The zero-order chi connectivity index (χ0) is 15.5. The minimum atomic E-state index is -0.813. The number of carbonyl (C=O) groups is 2. The fourth-order valence-electron chi connectivity index (χ4n) is 2.58. The van der Waals surface area contributed by atoms with E-state index in [1.807, 2.05) is 0 Å². The summed E-state index contributed by atoms with van der Waals surface area (Å²) in [6, 6.07) is 5.17. The van der Waals surface area contributed by atoms with Gasteiger partial charge >= 0.3 is 5.97 Å². The van der Waals surface area contributed by atoms with Gasteiger partial charge in [0, 0.05) is 11.0 Å². The molecule has 2 N–H and O–H groups in total. The molecule has 1 amide bonds. The van der Waals surface area contributed by atoms with Crippen molar-refractivity contribution in [3.8, 4) is 5.75 Å². The Morgan fingerprint density at radius 3 is 2.67 bits per heavy atom. The van der Waals surface area contributed by atoms with Crippen LogP contribution in [0.4, 0.5) is 0 Å². The molecule has 0 bridgehead atoms. The molecule has 1 aliphatic carbocycles. The van der Waals surface area contributed by atoms with Gasteiger partial charge < -0.3 is 15.2 Å². The summed E-state index contributed by atoms with van der Waals surface area (Å²) in [6.07, 6.45) is 2.82. The molecule has 0 saturated heterocycles. The van der Waals surface area contributed by atoms with Crippen LogP contribution < -0.4 is 10.1 Å². The third kappa shape index (κ3) is 3.75. The molecule has 0 atom stereocenters.